The Morgan fingerprint density at radius 3 is 2.50 bits per heavy atom. The number of methoxy groups -OCH3 is 1. The van der Waals surface area contributed by atoms with Gasteiger partial charge in [0.2, 0.25) is 11.6 Å². The number of pyridine rings is 1. The molecule has 2 aromatic heterocycles. The van der Waals surface area contributed by atoms with Gasteiger partial charge in [0.15, 0.2) is 0 Å². The molecule has 0 spiro atoms. The normalized spacial score (nSPS) is 16.2. The largest absolute Gasteiger partial charge is 0.481 e. The third kappa shape index (κ3) is 5.23. The van der Waals surface area contributed by atoms with Gasteiger partial charge in [0.25, 0.3) is 11.5 Å². The van der Waals surface area contributed by atoms with Crippen molar-refractivity contribution in [3.8, 4) is 28.3 Å². The van der Waals surface area contributed by atoms with Gasteiger partial charge in [-0.1, -0.05) is 41.4 Å². The zero-order valence-electron chi connectivity index (χ0n) is 24.8. The molecule has 4 aromatic rings. The number of carboxylic acids is 1. The van der Waals surface area contributed by atoms with Gasteiger partial charge in [-0.15, -0.1) is 0 Å². The van der Waals surface area contributed by atoms with Gasteiger partial charge >= 0.3 is 11.7 Å². The summed E-state index contributed by atoms with van der Waals surface area (Å²) >= 11 is 13.6. The van der Waals surface area contributed by atoms with E-state index in [-0.39, 0.29) is 38.8 Å². The number of aryl methyl sites for hydroxylation is 2. The summed E-state index contributed by atoms with van der Waals surface area (Å²) in [5.74, 6) is -2.45. The van der Waals surface area contributed by atoms with E-state index in [1.165, 1.54) is 27.3 Å². The average Bonchev–Trinajstić information content (AvgIpc) is 3.42. The number of carbonyl (C=O) groups excluding carboxylic acids is 1. The third-order valence-corrected chi connectivity index (χ3v) is 9.24. The van der Waals surface area contributed by atoms with Crippen molar-refractivity contribution < 1.29 is 23.8 Å². The number of carbonyl (C=O) groups is 2. The Kier molecular flexibility index (Phi) is 8.17. The number of anilines is 1. The highest BCUT2D eigenvalue weighted by Gasteiger charge is 2.41. The van der Waals surface area contributed by atoms with Crippen molar-refractivity contribution in [1.29, 1.82) is 0 Å². The van der Waals surface area contributed by atoms with Crippen LogP contribution < -0.4 is 21.3 Å². The Morgan fingerprint density at radius 2 is 1.80 bits per heavy atom. The highest BCUT2D eigenvalue weighted by atomic mass is 35.5. The van der Waals surface area contributed by atoms with Crippen LogP contribution in [0, 0.1) is 11.7 Å². The lowest BCUT2D eigenvalue weighted by Gasteiger charge is -2.41. The van der Waals surface area contributed by atoms with Crippen LogP contribution in [-0.2, 0) is 25.3 Å². The van der Waals surface area contributed by atoms with Crippen LogP contribution in [0.25, 0.3) is 22.4 Å². The predicted molar refractivity (Wildman–Crippen MR) is 168 cm³/mol. The van der Waals surface area contributed by atoms with Crippen LogP contribution in [0.2, 0.25) is 10.0 Å². The molecule has 0 radical (unpaired) electrons. The molecule has 2 aliphatic rings. The number of fused-ring (bicyclic) bond motifs is 1. The molecule has 1 aliphatic carbocycles. The minimum absolute atomic E-state index is 0.00841. The molecule has 238 valence electrons. The van der Waals surface area contributed by atoms with E-state index < -0.39 is 34.6 Å². The number of nitrogens with zero attached hydrogens (tertiary/aromatic N) is 5. The molecule has 1 atom stereocenters. The van der Waals surface area contributed by atoms with Gasteiger partial charge in [0, 0.05) is 55.5 Å². The Labute approximate surface area is 271 Å². The lowest BCUT2D eigenvalue weighted by Crippen LogP contribution is -2.51. The fraction of sp³-hybridized carbons (Fsp3) is 0.290. The van der Waals surface area contributed by atoms with E-state index in [0.717, 1.165) is 39.3 Å². The van der Waals surface area contributed by atoms with E-state index in [1.807, 2.05) is 6.07 Å². The van der Waals surface area contributed by atoms with Crippen LogP contribution in [0.5, 0.6) is 5.88 Å². The van der Waals surface area contributed by atoms with Crippen LogP contribution in [0.3, 0.4) is 0 Å². The molecule has 1 aliphatic heterocycles. The second-order valence-corrected chi connectivity index (χ2v) is 11.9. The predicted octanol–water partition coefficient (Wildman–Crippen LogP) is 3.92. The Hall–Kier alpha value is -4.59. The Morgan fingerprint density at radius 1 is 1.09 bits per heavy atom. The van der Waals surface area contributed by atoms with Crippen molar-refractivity contribution in [3.05, 3.63) is 89.9 Å². The van der Waals surface area contributed by atoms with Gasteiger partial charge in [-0.05, 0) is 36.6 Å². The van der Waals surface area contributed by atoms with Gasteiger partial charge in [0.05, 0.1) is 34.5 Å². The van der Waals surface area contributed by atoms with E-state index >= 15 is 4.39 Å². The Bertz CT molecular complexity index is 2060. The van der Waals surface area contributed by atoms with E-state index in [9.17, 15) is 24.3 Å². The van der Waals surface area contributed by atoms with Crippen LogP contribution in [0.4, 0.5) is 10.1 Å². The lowest BCUT2D eigenvalue weighted by molar-refractivity contribution is -0.148. The van der Waals surface area contributed by atoms with Crippen molar-refractivity contribution in [1.82, 2.24) is 24.2 Å². The van der Waals surface area contributed by atoms with Crippen LogP contribution in [-0.4, -0.2) is 61.4 Å². The molecule has 0 saturated carbocycles. The monoisotopic (exact) mass is 668 g/mol. The topological polar surface area (TPSA) is 149 Å². The quantitative estimate of drug-likeness (QED) is 0.299. The number of nitrogens with one attached hydrogen (secondary N) is 1. The Balaban J connectivity index is 1.35. The van der Waals surface area contributed by atoms with Crippen LogP contribution in [0.15, 0.2) is 46.0 Å². The molecule has 1 fully saturated rings. The SMILES string of the molecule is COc1nc(-c2cccc(-c3c(F)ccc(NC(=O)c4nn(C)c(=O)n(C)c4=O)c3Cl)c2Cl)cc2c1C(N1CC(C(=O)O)C1)CC2. The molecule has 1 unspecified atom stereocenters. The summed E-state index contributed by atoms with van der Waals surface area (Å²) in [6, 6.07) is 9.23. The number of carboxylic acid groups (broad SMARTS) is 1. The van der Waals surface area contributed by atoms with Crippen molar-refractivity contribution in [2.75, 3.05) is 25.5 Å². The van der Waals surface area contributed by atoms with Gasteiger partial charge in [-0.2, -0.15) is 5.10 Å². The second kappa shape index (κ2) is 12.0. The standard InChI is InChI=1S/C31H27Cl2FN6O6/c1-38-29(42)26(37-39(2)31(38)45)27(41)35-19-9-8-18(34)23(25(19)33)17-6-4-5-16(24(17)32)20-11-14-7-10-21(22(14)28(36-20)46-3)40-12-15(13-40)30(43)44/h4-6,8-9,11,15,21H,7,10,12-13H2,1-3H3,(H,35,41)(H,43,44). The van der Waals surface area contributed by atoms with Crippen molar-refractivity contribution >= 4 is 40.8 Å². The molecule has 2 N–H and O–H groups in total. The molecule has 0 bridgehead atoms. The number of likely N-dealkylation sites (tertiary alicyclic amines) is 1. The van der Waals surface area contributed by atoms with Crippen LogP contribution in [0.1, 0.15) is 34.1 Å². The fourth-order valence-electron chi connectivity index (χ4n) is 6.01. The number of hydrogen-bond donors (Lipinski definition) is 2. The molecule has 46 heavy (non-hydrogen) atoms. The smallest absolute Gasteiger partial charge is 0.346 e. The molecule has 1 amide bonds. The second-order valence-electron chi connectivity index (χ2n) is 11.2. The molecule has 12 nitrogen and oxygen atoms in total. The van der Waals surface area contributed by atoms with Crippen molar-refractivity contribution in [2.45, 2.75) is 18.9 Å². The molecule has 1 saturated heterocycles. The number of halogens is 3. The number of amides is 1. The third-order valence-electron chi connectivity index (χ3n) is 8.44. The molecular formula is C31H27Cl2FN6O6. The summed E-state index contributed by atoms with van der Waals surface area (Å²) in [5, 5.41) is 15.5. The zero-order valence-corrected chi connectivity index (χ0v) is 26.3. The lowest BCUT2D eigenvalue weighted by atomic mass is 9.95. The highest BCUT2D eigenvalue weighted by molar-refractivity contribution is 6.39. The minimum Gasteiger partial charge on any atom is -0.481 e. The molecule has 6 rings (SSSR count). The average molecular weight is 669 g/mol. The van der Waals surface area contributed by atoms with Crippen molar-refractivity contribution in [2.24, 2.45) is 20.0 Å². The molecular weight excluding hydrogens is 642 g/mol. The summed E-state index contributed by atoms with van der Waals surface area (Å²) in [4.78, 5) is 55.7. The maximum Gasteiger partial charge on any atom is 0.346 e. The van der Waals surface area contributed by atoms with Gasteiger partial charge in [-0.3, -0.25) is 23.9 Å². The summed E-state index contributed by atoms with van der Waals surface area (Å²) < 4.78 is 22.7. The van der Waals surface area contributed by atoms with Gasteiger partial charge < -0.3 is 15.2 Å². The first kappa shape index (κ1) is 31.4. The summed E-state index contributed by atoms with van der Waals surface area (Å²) in [5.41, 5.74) is 0.852. The highest BCUT2D eigenvalue weighted by Crippen LogP contribution is 2.47. The first-order chi connectivity index (χ1) is 21.9. The molecule has 15 heteroatoms. The first-order valence-electron chi connectivity index (χ1n) is 14.2. The summed E-state index contributed by atoms with van der Waals surface area (Å²) in [6.07, 6.45) is 1.52. The number of benzene rings is 2. The summed E-state index contributed by atoms with van der Waals surface area (Å²) in [6.45, 7) is 0.921. The first-order valence-corrected chi connectivity index (χ1v) is 14.9. The molecule has 2 aromatic carbocycles. The van der Waals surface area contributed by atoms with Crippen molar-refractivity contribution in [3.63, 3.8) is 0 Å². The number of hydrogen-bond acceptors (Lipinski definition) is 8. The number of rotatable bonds is 7. The van der Waals surface area contributed by atoms with E-state index in [4.69, 9.17) is 32.9 Å². The van der Waals surface area contributed by atoms with Gasteiger partial charge in [0.1, 0.15) is 5.82 Å². The molecule has 3 heterocycles. The number of ether oxygens (including phenoxy) is 1. The maximum absolute atomic E-state index is 15.4. The summed E-state index contributed by atoms with van der Waals surface area (Å²) in [7, 11) is 4.03. The van der Waals surface area contributed by atoms with E-state index in [0.29, 0.717) is 30.2 Å². The zero-order chi connectivity index (χ0) is 33.0. The van der Waals surface area contributed by atoms with Gasteiger partial charge in [-0.25, -0.2) is 18.9 Å². The number of aromatic nitrogens is 4. The van der Waals surface area contributed by atoms with Crippen LogP contribution >= 0.6 is 23.2 Å². The van der Waals surface area contributed by atoms with E-state index in [2.05, 4.69) is 15.3 Å². The minimum atomic E-state index is -0.944. The van der Waals surface area contributed by atoms with E-state index in [1.54, 1.807) is 18.2 Å². The number of aliphatic carboxylic acids is 1. The fourth-order valence-corrected chi connectivity index (χ4v) is 6.62. The maximum atomic E-state index is 15.4.